The topological polar surface area (TPSA) is 83.6 Å². The summed E-state index contributed by atoms with van der Waals surface area (Å²) < 4.78 is 39.1. The third-order valence-electron chi connectivity index (χ3n) is 3.43. The van der Waals surface area contributed by atoms with E-state index in [1.165, 1.54) is 10.4 Å². The molecule has 0 aliphatic carbocycles. The van der Waals surface area contributed by atoms with Gasteiger partial charge in [-0.2, -0.15) is 4.31 Å². The molecule has 19 heavy (non-hydrogen) atoms. The SMILES string of the molecule is CC1CN(S(=O)(=O)c2ccc(F)c(N)c2)CCC1O. The summed E-state index contributed by atoms with van der Waals surface area (Å²) in [6.07, 6.45) is -0.0819. The van der Waals surface area contributed by atoms with Crippen LogP contribution in [0.5, 0.6) is 0 Å². The Hall–Kier alpha value is -1.18. The molecule has 2 rings (SSSR count). The molecule has 2 atom stereocenters. The van der Waals surface area contributed by atoms with Gasteiger partial charge in [0.05, 0.1) is 16.7 Å². The maximum absolute atomic E-state index is 13.1. The number of anilines is 1. The number of nitrogens with zero attached hydrogens (tertiary/aromatic N) is 1. The molecule has 0 spiro atoms. The third-order valence-corrected chi connectivity index (χ3v) is 5.29. The van der Waals surface area contributed by atoms with Crippen molar-refractivity contribution >= 4 is 15.7 Å². The van der Waals surface area contributed by atoms with Crippen molar-refractivity contribution in [2.24, 2.45) is 5.92 Å². The van der Waals surface area contributed by atoms with Gasteiger partial charge in [-0.25, -0.2) is 12.8 Å². The number of aliphatic hydroxyl groups excluding tert-OH is 1. The summed E-state index contributed by atoms with van der Waals surface area (Å²) in [5, 5.41) is 9.62. The van der Waals surface area contributed by atoms with E-state index in [0.717, 1.165) is 12.1 Å². The Labute approximate surface area is 111 Å². The van der Waals surface area contributed by atoms with E-state index in [9.17, 15) is 17.9 Å². The molecule has 106 valence electrons. The lowest BCUT2D eigenvalue weighted by molar-refractivity contribution is 0.0628. The van der Waals surface area contributed by atoms with Crippen LogP contribution in [0.25, 0.3) is 0 Å². The van der Waals surface area contributed by atoms with Gasteiger partial charge >= 0.3 is 0 Å². The minimum atomic E-state index is -3.68. The normalized spacial score (nSPS) is 25.4. The highest BCUT2D eigenvalue weighted by Crippen LogP contribution is 2.25. The van der Waals surface area contributed by atoms with Gasteiger partial charge in [-0.15, -0.1) is 0 Å². The van der Waals surface area contributed by atoms with Gasteiger partial charge < -0.3 is 10.8 Å². The van der Waals surface area contributed by atoms with Crippen LogP contribution in [0, 0.1) is 11.7 Å². The summed E-state index contributed by atoms with van der Waals surface area (Å²) in [6, 6.07) is 3.38. The van der Waals surface area contributed by atoms with E-state index in [-0.39, 0.29) is 29.6 Å². The molecule has 0 radical (unpaired) electrons. The molecule has 3 N–H and O–H groups in total. The molecule has 0 bridgehead atoms. The molecule has 2 unspecified atom stereocenters. The highest BCUT2D eigenvalue weighted by Gasteiger charge is 2.32. The number of sulfonamides is 1. The van der Waals surface area contributed by atoms with Crippen molar-refractivity contribution in [3.8, 4) is 0 Å². The predicted octanol–water partition coefficient (Wildman–Crippen LogP) is 0.799. The predicted molar refractivity (Wildman–Crippen MR) is 69.4 cm³/mol. The van der Waals surface area contributed by atoms with Crippen molar-refractivity contribution in [1.82, 2.24) is 4.31 Å². The van der Waals surface area contributed by atoms with Crippen LogP contribution >= 0.6 is 0 Å². The van der Waals surface area contributed by atoms with Gasteiger partial charge in [-0.3, -0.25) is 0 Å². The lowest BCUT2D eigenvalue weighted by Gasteiger charge is -2.33. The van der Waals surface area contributed by atoms with Crippen LogP contribution in [0.2, 0.25) is 0 Å². The Kier molecular flexibility index (Phi) is 3.80. The molecule has 1 aromatic rings. The van der Waals surface area contributed by atoms with E-state index in [1.54, 1.807) is 6.92 Å². The maximum Gasteiger partial charge on any atom is 0.243 e. The average molecular weight is 288 g/mol. The lowest BCUT2D eigenvalue weighted by Crippen LogP contribution is -2.44. The fourth-order valence-electron chi connectivity index (χ4n) is 2.14. The van der Waals surface area contributed by atoms with E-state index in [0.29, 0.717) is 6.42 Å². The molecule has 1 heterocycles. The average Bonchev–Trinajstić information content (AvgIpc) is 2.35. The number of nitrogens with two attached hydrogens (primary N) is 1. The maximum atomic E-state index is 13.1. The Bertz CT molecular complexity index is 576. The zero-order valence-electron chi connectivity index (χ0n) is 10.6. The largest absolute Gasteiger partial charge is 0.396 e. The molecule has 0 amide bonds. The summed E-state index contributed by atoms with van der Waals surface area (Å²) in [6.45, 7) is 2.30. The summed E-state index contributed by atoms with van der Waals surface area (Å²) >= 11 is 0. The van der Waals surface area contributed by atoms with Gasteiger partial charge in [0.1, 0.15) is 5.82 Å². The number of rotatable bonds is 2. The first kappa shape index (κ1) is 14.2. The fraction of sp³-hybridized carbons (Fsp3) is 0.500. The summed E-state index contributed by atoms with van der Waals surface area (Å²) in [5.41, 5.74) is 5.21. The minimum absolute atomic E-state index is 0.0185. The number of halogens is 1. The molecule has 0 aromatic heterocycles. The molecule has 1 fully saturated rings. The van der Waals surface area contributed by atoms with Crippen LogP contribution in [0.15, 0.2) is 23.1 Å². The first-order valence-electron chi connectivity index (χ1n) is 6.05. The van der Waals surface area contributed by atoms with Gasteiger partial charge in [0.25, 0.3) is 0 Å². The zero-order chi connectivity index (χ0) is 14.2. The minimum Gasteiger partial charge on any atom is -0.396 e. The number of hydrogen-bond donors (Lipinski definition) is 2. The standard InChI is InChI=1S/C12H17FN2O3S/c1-8-7-15(5-4-12(8)16)19(17,18)9-2-3-10(13)11(14)6-9/h2-3,6,8,12,16H,4-5,7,14H2,1H3. The molecule has 1 saturated heterocycles. The van der Waals surface area contributed by atoms with E-state index in [2.05, 4.69) is 0 Å². The van der Waals surface area contributed by atoms with Gasteiger partial charge in [0.15, 0.2) is 0 Å². The third kappa shape index (κ3) is 2.72. The quantitative estimate of drug-likeness (QED) is 0.788. The molecule has 5 nitrogen and oxygen atoms in total. The Morgan fingerprint density at radius 3 is 2.74 bits per heavy atom. The van der Waals surface area contributed by atoms with Gasteiger partial charge in [0, 0.05) is 13.1 Å². The molecule has 1 aliphatic heterocycles. The van der Waals surface area contributed by atoms with Crippen molar-refractivity contribution in [2.45, 2.75) is 24.3 Å². The van der Waals surface area contributed by atoms with Crippen molar-refractivity contribution in [2.75, 3.05) is 18.8 Å². The number of hydrogen-bond acceptors (Lipinski definition) is 4. The number of benzene rings is 1. The van der Waals surface area contributed by atoms with Crippen molar-refractivity contribution in [1.29, 1.82) is 0 Å². The lowest BCUT2D eigenvalue weighted by atomic mass is 9.99. The fourth-order valence-corrected chi connectivity index (χ4v) is 3.74. The Morgan fingerprint density at radius 2 is 2.16 bits per heavy atom. The van der Waals surface area contributed by atoms with Crippen LogP contribution in [-0.2, 0) is 10.0 Å². The first-order valence-corrected chi connectivity index (χ1v) is 7.49. The molecule has 1 aromatic carbocycles. The van der Waals surface area contributed by atoms with Crippen molar-refractivity contribution in [3.63, 3.8) is 0 Å². The van der Waals surface area contributed by atoms with Crippen LogP contribution in [-0.4, -0.2) is 37.0 Å². The summed E-state index contributed by atoms with van der Waals surface area (Å²) in [7, 11) is -3.68. The second kappa shape index (κ2) is 5.07. The van der Waals surface area contributed by atoms with Gasteiger partial charge in [-0.05, 0) is 30.5 Å². The molecular weight excluding hydrogens is 271 g/mol. The molecule has 7 heteroatoms. The van der Waals surface area contributed by atoms with Crippen LogP contribution in [0.1, 0.15) is 13.3 Å². The van der Waals surface area contributed by atoms with Crippen LogP contribution in [0.4, 0.5) is 10.1 Å². The second-order valence-electron chi connectivity index (χ2n) is 4.88. The second-order valence-corrected chi connectivity index (χ2v) is 6.82. The van der Waals surface area contributed by atoms with Crippen molar-refractivity contribution in [3.05, 3.63) is 24.0 Å². The highest BCUT2D eigenvalue weighted by atomic mass is 32.2. The van der Waals surface area contributed by atoms with E-state index in [1.807, 2.05) is 0 Å². The number of nitrogen functional groups attached to an aromatic ring is 1. The molecule has 0 saturated carbocycles. The highest BCUT2D eigenvalue weighted by molar-refractivity contribution is 7.89. The van der Waals surface area contributed by atoms with E-state index in [4.69, 9.17) is 5.73 Å². The van der Waals surface area contributed by atoms with Crippen molar-refractivity contribution < 1.29 is 17.9 Å². The monoisotopic (exact) mass is 288 g/mol. The smallest absolute Gasteiger partial charge is 0.243 e. The summed E-state index contributed by atoms with van der Waals surface area (Å²) in [4.78, 5) is -0.0185. The van der Waals surface area contributed by atoms with E-state index >= 15 is 0 Å². The first-order chi connectivity index (χ1) is 8.82. The number of aliphatic hydroxyl groups is 1. The van der Waals surface area contributed by atoms with Gasteiger partial charge in [-0.1, -0.05) is 6.92 Å². The Morgan fingerprint density at radius 1 is 1.47 bits per heavy atom. The number of piperidine rings is 1. The van der Waals surface area contributed by atoms with Gasteiger partial charge in [0.2, 0.25) is 10.0 Å². The molecule has 1 aliphatic rings. The van der Waals surface area contributed by atoms with E-state index < -0.39 is 21.9 Å². The Balaban J connectivity index is 2.29. The summed E-state index contributed by atoms with van der Waals surface area (Å²) in [5.74, 6) is -0.761. The van der Waals surface area contributed by atoms with Crippen LogP contribution in [0.3, 0.4) is 0 Å². The zero-order valence-corrected chi connectivity index (χ0v) is 11.4. The van der Waals surface area contributed by atoms with Crippen LogP contribution < -0.4 is 5.73 Å². The molecular formula is C12H17FN2O3S.